The number of nitrogens with zero attached hydrogens (tertiary/aromatic N) is 1. The summed E-state index contributed by atoms with van der Waals surface area (Å²) in [5, 5.41) is 4.25. The Balaban J connectivity index is 1.51. The molecule has 1 amide bonds. The first kappa shape index (κ1) is 22.8. The van der Waals surface area contributed by atoms with E-state index in [2.05, 4.69) is 5.32 Å². The second-order valence-electron chi connectivity index (χ2n) is 8.37. The van der Waals surface area contributed by atoms with Crippen molar-refractivity contribution in [3.63, 3.8) is 0 Å². The van der Waals surface area contributed by atoms with Gasteiger partial charge in [-0.1, -0.05) is 48.0 Å². The first-order valence-corrected chi connectivity index (χ1v) is 11.7. The van der Waals surface area contributed by atoms with Gasteiger partial charge in [0, 0.05) is 22.0 Å². The summed E-state index contributed by atoms with van der Waals surface area (Å²) in [5.41, 5.74) is 5.01. The van der Waals surface area contributed by atoms with Gasteiger partial charge in [-0.25, -0.2) is 0 Å². The molecule has 0 aliphatic carbocycles. The first-order valence-electron chi connectivity index (χ1n) is 11.3. The number of methoxy groups -OCH3 is 1. The molecule has 0 radical (unpaired) electrons. The van der Waals surface area contributed by atoms with Crippen LogP contribution in [0.1, 0.15) is 33.2 Å². The summed E-state index contributed by atoms with van der Waals surface area (Å²) in [6.45, 7) is 2.25. The average Bonchev–Trinajstić information content (AvgIpc) is 2.89. The maximum atomic E-state index is 13.6. The van der Waals surface area contributed by atoms with Gasteiger partial charge in [-0.05, 0) is 72.6 Å². The van der Waals surface area contributed by atoms with Crippen LogP contribution in [0.25, 0.3) is 0 Å². The zero-order chi connectivity index (χ0) is 24.4. The monoisotopic (exact) mass is 484 g/mol. The van der Waals surface area contributed by atoms with E-state index in [1.165, 1.54) is 0 Å². The number of rotatable bonds is 6. The van der Waals surface area contributed by atoms with Crippen molar-refractivity contribution in [3.8, 4) is 11.5 Å². The standard InChI is InChI=1S/C29H25ClN2O3/c1-19-16-23(13-14-25(19)30)35-18-21-17-20(12-15-27(21)34-2)28-31-26-11-7-6-10-24(26)29(33)32(28)22-8-4-3-5-9-22/h3-17,28,31H,18H2,1-2H3. The molecule has 1 N–H and O–H groups in total. The highest BCUT2D eigenvalue weighted by Gasteiger charge is 2.34. The largest absolute Gasteiger partial charge is 0.496 e. The predicted molar refractivity (Wildman–Crippen MR) is 140 cm³/mol. The lowest BCUT2D eigenvalue weighted by molar-refractivity contribution is 0.0975. The second-order valence-corrected chi connectivity index (χ2v) is 8.78. The van der Waals surface area contributed by atoms with Gasteiger partial charge in [0.1, 0.15) is 24.3 Å². The molecule has 1 atom stereocenters. The van der Waals surface area contributed by atoms with Crippen molar-refractivity contribution >= 4 is 28.9 Å². The van der Waals surface area contributed by atoms with Crippen LogP contribution < -0.4 is 19.7 Å². The van der Waals surface area contributed by atoms with Crippen molar-refractivity contribution in [2.75, 3.05) is 17.3 Å². The summed E-state index contributed by atoms with van der Waals surface area (Å²) >= 11 is 6.15. The van der Waals surface area contributed by atoms with E-state index in [0.717, 1.165) is 33.8 Å². The highest BCUT2D eigenvalue weighted by Crippen LogP contribution is 2.38. The minimum absolute atomic E-state index is 0.0548. The highest BCUT2D eigenvalue weighted by molar-refractivity contribution is 6.31. The number of amides is 1. The molecule has 0 fully saturated rings. The molecule has 0 saturated heterocycles. The van der Waals surface area contributed by atoms with E-state index in [1.54, 1.807) is 12.0 Å². The summed E-state index contributed by atoms with van der Waals surface area (Å²) in [7, 11) is 1.64. The molecule has 5 rings (SSSR count). The van der Waals surface area contributed by atoms with Crippen LogP contribution in [0, 0.1) is 6.92 Å². The number of anilines is 2. The van der Waals surface area contributed by atoms with Crippen molar-refractivity contribution in [3.05, 3.63) is 118 Å². The maximum absolute atomic E-state index is 13.6. The third-order valence-corrected chi connectivity index (χ3v) is 6.53. The van der Waals surface area contributed by atoms with Crippen LogP contribution in [-0.2, 0) is 6.61 Å². The van der Waals surface area contributed by atoms with E-state index in [1.807, 2.05) is 97.9 Å². The Hall–Kier alpha value is -3.96. The van der Waals surface area contributed by atoms with Gasteiger partial charge in [-0.2, -0.15) is 0 Å². The molecular weight excluding hydrogens is 460 g/mol. The summed E-state index contributed by atoms with van der Waals surface area (Å²) in [5.74, 6) is 1.39. The van der Waals surface area contributed by atoms with Gasteiger partial charge in [0.15, 0.2) is 0 Å². The van der Waals surface area contributed by atoms with E-state index < -0.39 is 6.17 Å². The van der Waals surface area contributed by atoms with Gasteiger partial charge >= 0.3 is 0 Å². The van der Waals surface area contributed by atoms with Crippen LogP contribution in [0.15, 0.2) is 91.0 Å². The normalized spacial score (nSPS) is 14.8. The molecule has 1 aliphatic heterocycles. The number of halogens is 1. The summed E-state index contributed by atoms with van der Waals surface area (Å²) in [4.78, 5) is 15.4. The maximum Gasteiger partial charge on any atom is 0.262 e. The van der Waals surface area contributed by atoms with Gasteiger partial charge in [0.25, 0.3) is 5.91 Å². The van der Waals surface area contributed by atoms with E-state index in [9.17, 15) is 4.79 Å². The van der Waals surface area contributed by atoms with Crippen molar-refractivity contribution in [1.82, 2.24) is 0 Å². The summed E-state index contributed by atoms with van der Waals surface area (Å²) in [6, 6.07) is 28.8. The fourth-order valence-corrected chi connectivity index (χ4v) is 4.41. The van der Waals surface area contributed by atoms with E-state index in [0.29, 0.717) is 22.9 Å². The van der Waals surface area contributed by atoms with Crippen LogP contribution in [0.4, 0.5) is 11.4 Å². The van der Waals surface area contributed by atoms with E-state index in [4.69, 9.17) is 21.1 Å². The van der Waals surface area contributed by atoms with E-state index >= 15 is 0 Å². The van der Waals surface area contributed by atoms with Gasteiger partial charge in [-0.3, -0.25) is 9.69 Å². The Morgan fingerprint density at radius 3 is 2.49 bits per heavy atom. The van der Waals surface area contributed by atoms with Crippen LogP contribution in [0.3, 0.4) is 0 Å². The fourth-order valence-electron chi connectivity index (χ4n) is 4.29. The first-order chi connectivity index (χ1) is 17.0. The number of carbonyl (C=O) groups excluding carboxylic acids is 1. The highest BCUT2D eigenvalue weighted by atomic mass is 35.5. The number of aryl methyl sites for hydroxylation is 1. The number of carbonyl (C=O) groups is 1. The van der Waals surface area contributed by atoms with Crippen LogP contribution in [-0.4, -0.2) is 13.0 Å². The number of nitrogens with one attached hydrogen (secondary N) is 1. The van der Waals surface area contributed by atoms with Gasteiger partial charge in [0.2, 0.25) is 0 Å². The van der Waals surface area contributed by atoms with E-state index in [-0.39, 0.29) is 5.91 Å². The number of fused-ring (bicyclic) bond motifs is 1. The zero-order valence-corrected chi connectivity index (χ0v) is 20.3. The van der Waals surface area contributed by atoms with Crippen molar-refractivity contribution < 1.29 is 14.3 Å². The SMILES string of the molecule is COc1ccc(C2Nc3ccccc3C(=O)N2c2ccccc2)cc1COc1ccc(Cl)c(C)c1. The van der Waals surface area contributed by atoms with Crippen molar-refractivity contribution in [2.24, 2.45) is 0 Å². The van der Waals surface area contributed by atoms with Gasteiger partial charge in [-0.15, -0.1) is 0 Å². The Bertz CT molecular complexity index is 1370. The average molecular weight is 485 g/mol. The zero-order valence-electron chi connectivity index (χ0n) is 19.5. The molecule has 176 valence electrons. The Kier molecular flexibility index (Phi) is 6.34. The minimum atomic E-state index is -0.401. The third-order valence-electron chi connectivity index (χ3n) is 6.10. The fraction of sp³-hybridized carbons (Fsp3) is 0.138. The molecule has 0 aromatic heterocycles. The molecule has 1 heterocycles. The molecule has 4 aromatic carbocycles. The van der Waals surface area contributed by atoms with Gasteiger partial charge in [0.05, 0.1) is 12.7 Å². The number of hydrogen-bond donors (Lipinski definition) is 1. The molecule has 1 aliphatic rings. The molecule has 35 heavy (non-hydrogen) atoms. The van der Waals surface area contributed by atoms with Crippen LogP contribution in [0.5, 0.6) is 11.5 Å². The Morgan fingerprint density at radius 2 is 1.71 bits per heavy atom. The van der Waals surface area contributed by atoms with Gasteiger partial charge < -0.3 is 14.8 Å². The van der Waals surface area contributed by atoms with Crippen LogP contribution in [0.2, 0.25) is 5.02 Å². The Labute approximate surface area is 209 Å². The second kappa shape index (κ2) is 9.72. The molecule has 4 aromatic rings. The number of ether oxygens (including phenoxy) is 2. The molecule has 5 nitrogen and oxygen atoms in total. The molecule has 0 bridgehead atoms. The molecular formula is C29H25ClN2O3. The smallest absolute Gasteiger partial charge is 0.262 e. The molecule has 6 heteroatoms. The van der Waals surface area contributed by atoms with Crippen LogP contribution >= 0.6 is 11.6 Å². The van der Waals surface area contributed by atoms with Crippen molar-refractivity contribution in [2.45, 2.75) is 19.7 Å². The third kappa shape index (κ3) is 4.55. The minimum Gasteiger partial charge on any atom is -0.496 e. The molecule has 0 spiro atoms. The Morgan fingerprint density at radius 1 is 0.943 bits per heavy atom. The topological polar surface area (TPSA) is 50.8 Å². The number of para-hydroxylation sites is 2. The number of benzene rings is 4. The predicted octanol–water partition coefficient (Wildman–Crippen LogP) is 7.01. The lowest BCUT2D eigenvalue weighted by atomic mass is 10.0. The van der Waals surface area contributed by atoms with Crippen molar-refractivity contribution in [1.29, 1.82) is 0 Å². The number of hydrogen-bond acceptors (Lipinski definition) is 4. The lowest BCUT2D eigenvalue weighted by Crippen LogP contribution is -2.43. The quantitative estimate of drug-likeness (QED) is 0.320. The summed E-state index contributed by atoms with van der Waals surface area (Å²) in [6.07, 6.45) is -0.401. The molecule has 0 saturated carbocycles. The molecule has 1 unspecified atom stereocenters. The summed E-state index contributed by atoms with van der Waals surface area (Å²) < 4.78 is 11.7. The lowest BCUT2D eigenvalue weighted by Gasteiger charge is -2.38.